The van der Waals surface area contributed by atoms with Crippen molar-refractivity contribution in [3.05, 3.63) is 60.3 Å². The predicted molar refractivity (Wildman–Crippen MR) is 128 cm³/mol. The Hall–Kier alpha value is -3.12. The van der Waals surface area contributed by atoms with Crippen LogP contribution in [0.25, 0.3) is 22.4 Å². The largest absolute Gasteiger partial charge is 0.497 e. The van der Waals surface area contributed by atoms with Gasteiger partial charge in [-0.3, -0.25) is 4.68 Å². The van der Waals surface area contributed by atoms with Gasteiger partial charge in [0.05, 0.1) is 25.1 Å². The summed E-state index contributed by atoms with van der Waals surface area (Å²) in [4.78, 5) is 10.7. The van der Waals surface area contributed by atoms with Gasteiger partial charge in [0.1, 0.15) is 12.4 Å². The Kier molecular flexibility index (Phi) is 7.45. The molecular weight excluding hydrogens is 416 g/mol. The number of nitrogens with zero attached hydrogens (tertiary/aromatic N) is 2. The molecule has 6 heteroatoms. The number of aromatic nitrogens is 2. The fraction of sp³-hybridized carbons (Fsp3) is 0.407. The third-order valence-corrected chi connectivity index (χ3v) is 6.51. The maximum Gasteiger partial charge on any atom is 0.329 e. The van der Waals surface area contributed by atoms with Gasteiger partial charge in [-0.25, -0.2) is 4.79 Å². The second-order valence-corrected chi connectivity index (χ2v) is 8.88. The number of hydrogen-bond donors (Lipinski definition) is 1. The van der Waals surface area contributed by atoms with Crippen LogP contribution in [-0.4, -0.2) is 41.2 Å². The highest BCUT2D eigenvalue weighted by Gasteiger charge is 2.25. The van der Waals surface area contributed by atoms with E-state index < -0.39 is 5.97 Å². The van der Waals surface area contributed by atoms with Crippen LogP contribution >= 0.6 is 0 Å². The zero-order valence-electron chi connectivity index (χ0n) is 19.4. The van der Waals surface area contributed by atoms with E-state index in [0.29, 0.717) is 18.4 Å². The molecule has 33 heavy (non-hydrogen) atoms. The fourth-order valence-electron chi connectivity index (χ4n) is 4.87. The van der Waals surface area contributed by atoms with Crippen molar-refractivity contribution in [2.24, 2.45) is 11.8 Å². The number of rotatable bonds is 9. The molecule has 1 aromatic heterocycles. The number of carbonyl (C=O) groups is 1. The first-order valence-electron chi connectivity index (χ1n) is 11.6. The molecule has 0 spiro atoms. The molecule has 1 N–H and O–H groups in total. The molecule has 0 radical (unpaired) electrons. The van der Waals surface area contributed by atoms with Crippen LogP contribution in [0.5, 0.6) is 5.75 Å². The number of carboxylic acids is 1. The third-order valence-electron chi connectivity index (χ3n) is 6.51. The quantitative estimate of drug-likeness (QED) is 0.472. The molecule has 0 atom stereocenters. The standard InChI is InChI=1S/C27H32N2O4/c1-19-26(23-9-6-10-24(15-23)32-2)27(22-7-4-3-5-8-22)29(28-19)16-20-11-13-21(14-12-20)17-33-18-25(30)31/h3-10,15,20-21H,11-14,16-18H2,1-2H3,(H,30,31). The molecule has 1 aliphatic rings. The van der Waals surface area contributed by atoms with E-state index in [1.54, 1.807) is 7.11 Å². The molecule has 174 valence electrons. The van der Waals surface area contributed by atoms with E-state index in [1.165, 1.54) is 0 Å². The van der Waals surface area contributed by atoms with Crippen LogP contribution in [0.3, 0.4) is 0 Å². The number of methoxy groups -OCH3 is 1. The fourth-order valence-corrected chi connectivity index (χ4v) is 4.87. The number of hydrogen-bond acceptors (Lipinski definition) is 4. The van der Waals surface area contributed by atoms with Crippen molar-refractivity contribution in [3.63, 3.8) is 0 Å². The molecule has 1 saturated carbocycles. The maximum atomic E-state index is 10.7. The van der Waals surface area contributed by atoms with Crippen molar-refractivity contribution in [3.8, 4) is 28.1 Å². The summed E-state index contributed by atoms with van der Waals surface area (Å²) in [5, 5.41) is 13.8. The zero-order chi connectivity index (χ0) is 23.2. The number of ether oxygens (including phenoxy) is 2. The monoisotopic (exact) mass is 448 g/mol. The van der Waals surface area contributed by atoms with Crippen LogP contribution in [0.1, 0.15) is 31.4 Å². The minimum atomic E-state index is -0.905. The van der Waals surface area contributed by atoms with Crippen molar-refractivity contribution in [1.29, 1.82) is 0 Å². The molecule has 0 aliphatic heterocycles. The van der Waals surface area contributed by atoms with Crippen molar-refractivity contribution in [2.45, 2.75) is 39.2 Å². The van der Waals surface area contributed by atoms with Gasteiger partial charge in [0, 0.05) is 17.7 Å². The first kappa shape index (κ1) is 23.1. The number of aliphatic carboxylic acids is 1. The van der Waals surface area contributed by atoms with Gasteiger partial charge < -0.3 is 14.6 Å². The highest BCUT2D eigenvalue weighted by atomic mass is 16.5. The van der Waals surface area contributed by atoms with Crippen LogP contribution in [0, 0.1) is 18.8 Å². The summed E-state index contributed by atoms with van der Waals surface area (Å²) in [5.41, 5.74) is 5.57. The summed E-state index contributed by atoms with van der Waals surface area (Å²) in [6.45, 7) is 3.28. The van der Waals surface area contributed by atoms with Crippen molar-refractivity contribution in [2.75, 3.05) is 20.3 Å². The summed E-state index contributed by atoms with van der Waals surface area (Å²) in [7, 11) is 1.69. The van der Waals surface area contributed by atoms with Crippen LogP contribution in [0.15, 0.2) is 54.6 Å². The summed E-state index contributed by atoms with van der Waals surface area (Å²) < 4.78 is 13.0. The topological polar surface area (TPSA) is 73.6 Å². The van der Waals surface area contributed by atoms with Crippen molar-refractivity contribution < 1.29 is 19.4 Å². The van der Waals surface area contributed by atoms with Crippen LogP contribution in [0.2, 0.25) is 0 Å². The zero-order valence-corrected chi connectivity index (χ0v) is 19.4. The molecule has 0 bridgehead atoms. The van der Waals surface area contributed by atoms with Crippen LogP contribution < -0.4 is 4.74 Å². The van der Waals surface area contributed by atoms with Gasteiger partial charge in [-0.05, 0) is 62.1 Å². The summed E-state index contributed by atoms with van der Waals surface area (Å²) in [5.74, 6) is 0.918. The van der Waals surface area contributed by atoms with Crippen molar-refractivity contribution >= 4 is 5.97 Å². The number of aryl methyl sites for hydroxylation is 1. The van der Waals surface area contributed by atoms with Gasteiger partial charge in [-0.1, -0.05) is 42.5 Å². The lowest BCUT2D eigenvalue weighted by Gasteiger charge is -2.28. The summed E-state index contributed by atoms with van der Waals surface area (Å²) in [6, 6.07) is 18.6. The maximum absolute atomic E-state index is 10.7. The van der Waals surface area contributed by atoms with E-state index in [9.17, 15) is 4.79 Å². The summed E-state index contributed by atoms with van der Waals surface area (Å²) in [6.07, 6.45) is 4.33. The molecule has 0 saturated heterocycles. The molecular formula is C27H32N2O4. The average Bonchev–Trinajstić information content (AvgIpc) is 3.16. The van der Waals surface area contributed by atoms with Crippen LogP contribution in [-0.2, 0) is 16.1 Å². The Morgan fingerprint density at radius 2 is 1.73 bits per heavy atom. The normalized spacial score (nSPS) is 18.2. The lowest BCUT2D eigenvalue weighted by atomic mass is 9.82. The Morgan fingerprint density at radius 3 is 2.42 bits per heavy atom. The van der Waals surface area contributed by atoms with Gasteiger partial charge in [-0.15, -0.1) is 0 Å². The Morgan fingerprint density at radius 1 is 1.03 bits per heavy atom. The van der Waals surface area contributed by atoms with E-state index in [4.69, 9.17) is 19.7 Å². The second-order valence-electron chi connectivity index (χ2n) is 8.88. The van der Waals surface area contributed by atoms with Crippen LogP contribution in [0.4, 0.5) is 0 Å². The first-order chi connectivity index (χ1) is 16.0. The Bertz CT molecular complexity index is 1070. The molecule has 1 aliphatic carbocycles. The van der Waals surface area contributed by atoms with E-state index >= 15 is 0 Å². The first-order valence-corrected chi connectivity index (χ1v) is 11.6. The van der Waals surface area contributed by atoms with E-state index in [-0.39, 0.29) is 6.61 Å². The molecule has 2 aromatic carbocycles. The molecule has 3 aromatic rings. The Labute approximate surface area is 195 Å². The van der Waals surface area contributed by atoms with Gasteiger partial charge >= 0.3 is 5.97 Å². The highest BCUT2D eigenvalue weighted by molar-refractivity contribution is 5.83. The lowest BCUT2D eigenvalue weighted by Crippen LogP contribution is -2.23. The average molecular weight is 449 g/mol. The minimum absolute atomic E-state index is 0.208. The molecule has 0 amide bonds. The molecule has 4 rings (SSSR count). The number of carboxylic acid groups (broad SMARTS) is 1. The van der Waals surface area contributed by atoms with Gasteiger partial charge in [0.15, 0.2) is 0 Å². The van der Waals surface area contributed by atoms with Crippen molar-refractivity contribution in [1.82, 2.24) is 9.78 Å². The third kappa shape index (κ3) is 5.63. The van der Waals surface area contributed by atoms with Gasteiger partial charge in [0.25, 0.3) is 0 Å². The molecule has 1 heterocycles. The highest BCUT2D eigenvalue weighted by Crippen LogP contribution is 2.38. The van der Waals surface area contributed by atoms with E-state index in [2.05, 4.69) is 48.0 Å². The lowest BCUT2D eigenvalue weighted by molar-refractivity contribution is -0.142. The van der Waals surface area contributed by atoms with Gasteiger partial charge in [-0.2, -0.15) is 5.10 Å². The molecule has 6 nitrogen and oxygen atoms in total. The molecule has 1 fully saturated rings. The predicted octanol–water partition coefficient (Wildman–Crippen LogP) is 5.44. The van der Waals surface area contributed by atoms with E-state index in [1.807, 2.05) is 18.2 Å². The minimum Gasteiger partial charge on any atom is -0.497 e. The van der Waals surface area contributed by atoms with E-state index in [0.717, 1.165) is 66.1 Å². The van der Waals surface area contributed by atoms with Gasteiger partial charge in [0.2, 0.25) is 0 Å². The Balaban J connectivity index is 1.56. The second kappa shape index (κ2) is 10.7. The smallest absolute Gasteiger partial charge is 0.329 e. The molecule has 0 unspecified atom stereocenters. The SMILES string of the molecule is COc1cccc(-c2c(C)nn(CC3CCC(COCC(=O)O)CC3)c2-c2ccccc2)c1. The number of benzene rings is 2. The summed E-state index contributed by atoms with van der Waals surface area (Å²) >= 11 is 0.